The second kappa shape index (κ2) is 5.32. The van der Waals surface area contributed by atoms with Gasteiger partial charge in [-0.1, -0.05) is 25.8 Å². The van der Waals surface area contributed by atoms with Crippen molar-refractivity contribution in [2.45, 2.75) is 51.0 Å². The molecule has 96 valence electrons. The number of methoxy groups -OCH3 is 1. The smallest absolute Gasteiger partial charge is 0.176 e. The van der Waals surface area contributed by atoms with Gasteiger partial charge in [-0.25, -0.2) is 0 Å². The van der Waals surface area contributed by atoms with Gasteiger partial charge in [-0.3, -0.25) is 4.79 Å². The minimum Gasteiger partial charge on any atom is -0.359 e. The summed E-state index contributed by atoms with van der Waals surface area (Å²) in [5.74, 6) is 0.431. The first-order chi connectivity index (χ1) is 8.26. The minimum absolute atomic E-state index is 0.150. The van der Waals surface area contributed by atoms with Crippen molar-refractivity contribution in [3.05, 3.63) is 11.6 Å². The summed E-state index contributed by atoms with van der Waals surface area (Å²) in [6.45, 7) is 2.39. The van der Waals surface area contributed by atoms with Gasteiger partial charge in [0.25, 0.3) is 0 Å². The van der Waals surface area contributed by atoms with Gasteiger partial charge in [-0.2, -0.15) is 0 Å². The number of rotatable bonds is 6. The fraction of sp³-hybridized carbons (Fsp3) is 0.786. The van der Waals surface area contributed by atoms with Crippen LogP contribution in [-0.2, 0) is 14.3 Å². The van der Waals surface area contributed by atoms with Crippen LogP contribution in [-0.4, -0.2) is 25.3 Å². The Balaban J connectivity index is 2.08. The Morgan fingerprint density at radius 3 is 3.00 bits per heavy atom. The molecule has 3 heteroatoms. The molecule has 0 N–H and O–H groups in total. The molecule has 0 heterocycles. The van der Waals surface area contributed by atoms with Crippen LogP contribution in [0.4, 0.5) is 0 Å². The Kier molecular flexibility index (Phi) is 4.00. The third kappa shape index (κ3) is 2.06. The largest absolute Gasteiger partial charge is 0.359 e. The maximum atomic E-state index is 12.1. The number of allylic oxidation sites excluding steroid dienone is 1. The predicted molar refractivity (Wildman–Crippen MR) is 65.6 cm³/mol. The van der Waals surface area contributed by atoms with Crippen molar-refractivity contribution in [1.29, 1.82) is 0 Å². The second-order valence-electron chi connectivity index (χ2n) is 4.99. The maximum absolute atomic E-state index is 12.1. The lowest BCUT2D eigenvalue weighted by molar-refractivity contribution is -0.181. The lowest BCUT2D eigenvalue weighted by atomic mass is 9.56. The molecule has 3 saturated carbocycles. The molecular weight excluding hydrogens is 216 g/mol. The molecule has 0 unspecified atom stereocenters. The Bertz CT molecular complexity index is 321. The van der Waals surface area contributed by atoms with Gasteiger partial charge in [0.2, 0.25) is 0 Å². The number of unbranched alkanes of at least 4 members (excludes halogenated alkanes) is 2. The molecule has 3 nitrogen and oxygen atoms in total. The summed E-state index contributed by atoms with van der Waals surface area (Å²) < 4.78 is 10.7. The Labute approximate surface area is 103 Å². The molecule has 3 aliphatic carbocycles. The highest BCUT2D eigenvalue weighted by Crippen LogP contribution is 2.52. The molecule has 3 fully saturated rings. The Morgan fingerprint density at radius 1 is 1.53 bits per heavy atom. The zero-order valence-electron chi connectivity index (χ0n) is 10.8. The molecular formula is C14H22O3. The van der Waals surface area contributed by atoms with E-state index in [9.17, 15) is 4.79 Å². The van der Waals surface area contributed by atoms with Crippen LogP contribution in [0.1, 0.15) is 45.4 Å². The van der Waals surface area contributed by atoms with E-state index in [0.717, 1.165) is 25.7 Å². The number of fused-ring (bicyclic) bond motifs is 2. The standard InChI is InChI=1S/C14H22O3/c1-3-4-5-8-12-11-7-6-9-14(12,13(11)15)17-10-16-2/h8,11H,3-7,9-10H2,1-2H3/b12-8-/t11-,14-/m1/s1. The van der Waals surface area contributed by atoms with Crippen molar-refractivity contribution in [2.75, 3.05) is 13.9 Å². The van der Waals surface area contributed by atoms with Crippen LogP contribution in [0, 0.1) is 5.92 Å². The van der Waals surface area contributed by atoms with Crippen molar-refractivity contribution in [3.63, 3.8) is 0 Å². The fourth-order valence-corrected chi connectivity index (χ4v) is 3.03. The van der Waals surface area contributed by atoms with Crippen molar-refractivity contribution in [3.8, 4) is 0 Å². The third-order valence-corrected chi connectivity index (χ3v) is 3.92. The van der Waals surface area contributed by atoms with Crippen LogP contribution < -0.4 is 0 Å². The summed E-state index contributed by atoms with van der Waals surface area (Å²) in [5, 5.41) is 0. The lowest BCUT2D eigenvalue weighted by Crippen LogP contribution is -2.62. The second-order valence-corrected chi connectivity index (χ2v) is 4.99. The lowest BCUT2D eigenvalue weighted by Gasteiger charge is -2.52. The van der Waals surface area contributed by atoms with E-state index < -0.39 is 5.60 Å². The molecule has 0 spiro atoms. The van der Waals surface area contributed by atoms with Gasteiger partial charge >= 0.3 is 0 Å². The van der Waals surface area contributed by atoms with Gasteiger partial charge < -0.3 is 9.47 Å². The number of carbonyl (C=O) groups is 1. The van der Waals surface area contributed by atoms with Crippen LogP contribution in [0.15, 0.2) is 11.6 Å². The van der Waals surface area contributed by atoms with Gasteiger partial charge in [-0.15, -0.1) is 0 Å². The van der Waals surface area contributed by atoms with E-state index in [-0.39, 0.29) is 18.5 Å². The van der Waals surface area contributed by atoms with Gasteiger partial charge in [0.05, 0.1) is 0 Å². The van der Waals surface area contributed by atoms with Crippen LogP contribution in [0.2, 0.25) is 0 Å². The summed E-state index contributed by atoms with van der Waals surface area (Å²) >= 11 is 0. The first kappa shape index (κ1) is 12.8. The average Bonchev–Trinajstić information content (AvgIpc) is 2.37. The highest BCUT2D eigenvalue weighted by atomic mass is 16.7. The highest BCUT2D eigenvalue weighted by Gasteiger charge is 2.60. The van der Waals surface area contributed by atoms with Crippen LogP contribution in [0.25, 0.3) is 0 Å². The molecule has 17 heavy (non-hydrogen) atoms. The first-order valence-electron chi connectivity index (χ1n) is 6.64. The Hall–Kier alpha value is -0.670. The van der Waals surface area contributed by atoms with Gasteiger partial charge in [-0.05, 0) is 31.3 Å². The first-order valence-corrected chi connectivity index (χ1v) is 6.64. The Morgan fingerprint density at radius 2 is 2.35 bits per heavy atom. The van der Waals surface area contributed by atoms with Gasteiger partial charge in [0.1, 0.15) is 6.79 Å². The SMILES string of the molecule is CCCC/C=C1/[C@H]2CCC[C@]1(OCOC)C2=O. The molecule has 0 aromatic carbocycles. The molecule has 0 aromatic rings. The molecule has 2 bridgehead atoms. The minimum atomic E-state index is -0.604. The van der Waals surface area contributed by atoms with E-state index in [1.165, 1.54) is 18.4 Å². The van der Waals surface area contributed by atoms with Crippen LogP contribution in [0.3, 0.4) is 0 Å². The maximum Gasteiger partial charge on any atom is 0.176 e. The van der Waals surface area contributed by atoms with Gasteiger partial charge in [0, 0.05) is 13.0 Å². The number of ether oxygens (including phenoxy) is 2. The van der Waals surface area contributed by atoms with Crippen LogP contribution >= 0.6 is 0 Å². The summed E-state index contributed by atoms with van der Waals surface area (Å²) in [7, 11) is 1.60. The predicted octanol–water partition coefficient (Wildman–Crippen LogP) is 2.85. The number of carbonyl (C=O) groups excluding carboxylic acids is 1. The monoisotopic (exact) mass is 238 g/mol. The topological polar surface area (TPSA) is 35.5 Å². The molecule has 3 aliphatic rings. The average molecular weight is 238 g/mol. The van der Waals surface area contributed by atoms with E-state index >= 15 is 0 Å². The normalized spacial score (nSPS) is 33.9. The van der Waals surface area contributed by atoms with E-state index in [2.05, 4.69) is 13.0 Å². The van der Waals surface area contributed by atoms with Crippen molar-refractivity contribution >= 4 is 5.78 Å². The van der Waals surface area contributed by atoms with Crippen molar-refractivity contribution in [2.24, 2.45) is 5.92 Å². The quantitative estimate of drug-likeness (QED) is 0.405. The van der Waals surface area contributed by atoms with E-state index in [1.807, 2.05) is 0 Å². The van der Waals surface area contributed by atoms with Crippen molar-refractivity contribution in [1.82, 2.24) is 0 Å². The van der Waals surface area contributed by atoms with E-state index in [0.29, 0.717) is 0 Å². The van der Waals surface area contributed by atoms with Gasteiger partial charge in [0.15, 0.2) is 11.4 Å². The molecule has 3 rings (SSSR count). The summed E-state index contributed by atoms with van der Waals surface area (Å²) in [6.07, 6.45) is 8.61. The zero-order chi connectivity index (χ0) is 12.3. The molecule has 0 saturated heterocycles. The molecule has 0 amide bonds. The highest BCUT2D eigenvalue weighted by molar-refractivity contribution is 6.04. The number of hydrogen-bond acceptors (Lipinski definition) is 3. The molecule has 0 radical (unpaired) electrons. The van der Waals surface area contributed by atoms with E-state index in [4.69, 9.17) is 9.47 Å². The van der Waals surface area contributed by atoms with E-state index in [1.54, 1.807) is 7.11 Å². The molecule has 0 aliphatic heterocycles. The molecule has 2 atom stereocenters. The zero-order valence-corrected chi connectivity index (χ0v) is 10.8. The molecule has 0 aromatic heterocycles. The number of Topliss-reactive ketones (excluding diaryl/α,β-unsaturated/α-hetero) is 1. The number of ketones is 1. The third-order valence-electron chi connectivity index (χ3n) is 3.92. The summed E-state index contributed by atoms with van der Waals surface area (Å²) in [5.41, 5.74) is 0.631. The van der Waals surface area contributed by atoms with Crippen LogP contribution in [0.5, 0.6) is 0 Å². The number of hydrogen-bond donors (Lipinski definition) is 0. The fourth-order valence-electron chi connectivity index (χ4n) is 3.03. The summed E-state index contributed by atoms with van der Waals surface area (Å²) in [6, 6.07) is 0. The summed E-state index contributed by atoms with van der Waals surface area (Å²) in [4.78, 5) is 12.1. The van der Waals surface area contributed by atoms with Crippen molar-refractivity contribution < 1.29 is 14.3 Å².